The van der Waals surface area contributed by atoms with Crippen molar-refractivity contribution in [1.29, 1.82) is 0 Å². The van der Waals surface area contributed by atoms with Crippen LogP contribution in [-0.2, 0) is 17.4 Å². The van der Waals surface area contributed by atoms with Gasteiger partial charge in [0.05, 0.1) is 5.39 Å². The molecule has 0 atom stereocenters. The predicted molar refractivity (Wildman–Crippen MR) is 173 cm³/mol. The second kappa shape index (κ2) is 10.7. The monoisotopic (exact) mass is 542 g/mol. The summed E-state index contributed by atoms with van der Waals surface area (Å²) in [5.41, 5.74) is 9.74. The van der Waals surface area contributed by atoms with E-state index in [1.54, 1.807) is 0 Å². The van der Waals surface area contributed by atoms with Crippen LogP contribution in [0.5, 0.6) is 0 Å². The van der Waals surface area contributed by atoms with Crippen LogP contribution in [0.2, 0.25) is 0 Å². The molecule has 0 aliphatic heterocycles. The van der Waals surface area contributed by atoms with E-state index in [0.717, 1.165) is 6.54 Å². The molecule has 0 unspecified atom stereocenters. The number of rotatable bonds is 8. The van der Waals surface area contributed by atoms with Crippen molar-refractivity contribution >= 4 is 21.7 Å². The van der Waals surface area contributed by atoms with Gasteiger partial charge in [0.2, 0.25) is 11.2 Å². The first-order valence-corrected chi connectivity index (χ1v) is 15.8. The molecule has 0 saturated heterocycles. The molecule has 2 aromatic heterocycles. The molecule has 210 valence electrons. The average molecular weight is 543 g/mol. The minimum Gasteiger partial charge on any atom is -0.198 e. The molecule has 0 amide bonds. The zero-order valence-electron chi connectivity index (χ0n) is 25.9. The first kappa shape index (κ1) is 27.6. The van der Waals surface area contributed by atoms with E-state index < -0.39 is 0 Å². The highest BCUT2D eigenvalue weighted by Crippen LogP contribution is 2.52. The molecular formula is C39H46N2+2. The minimum absolute atomic E-state index is 0.0718. The lowest BCUT2D eigenvalue weighted by Gasteiger charge is -2.22. The quantitative estimate of drug-likeness (QED) is 0.136. The van der Waals surface area contributed by atoms with Crippen molar-refractivity contribution in [3.63, 3.8) is 0 Å². The third kappa shape index (κ3) is 4.96. The number of aryl methyl sites for hydroxylation is 1. The van der Waals surface area contributed by atoms with E-state index in [0.29, 0.717) is 0 Å². The second-order valence-electron chi connectivity index (χ2n) is 13.7. The number of hydrogen-bond donors (Lipinski definition) is 0. The van der Waals surface area contributed by atoms with Gasteiger partial charge in [0.15, 0.2) is 18.6 Å². The molecule has 1 aliphatic rings. The molecule has 2 nitrogen and oxygen atoms in total. The molecule has 2 heteroatoms. The van der Waals surface area contributed by atoms with Crippen molar-refractivity contribution in [2.24, 2.45) is 0 Å². The SMILES string of the molecule is CCCCCCCC[n+]1cc2c(c3ccccc31)-c1ccc3c[n+](-c4ccc(C(C)(C)C)cc4)ccc3c1C2(C)C. The van der Waals surface area contributed by atoms with E-state index >= 15 is 0 Å². The van der Waals surface area contributed by atoms with Crippen molar-refractivity contribution in [3.05, 3.63) is 102 Å². The topological polar surface area (TPSA) is 7.76 Å². The van der Waals surface area contributed by atoms with Gasteiger partial charge in [-0.1, -0.05) is 97.6 Å². The van der Waals surface area contributed by atoms with Crippen molar-refractivity contribution in [2.45, 2.75) is 97.4 Å². The van der Waals surface area contributed by atoms with Gasteiger partial charge in [-0.25, -0.2) is 0 Å². The summed E-state index contributed by atoms with van der Waals surface area (Å²) in [4.78, 5) is 0. The van der Waals surface area contributed by atoms with Crippen LogP contribution in [0.25, 0.3) is 38.5 Å². The van der Waals surface area contributed by atoms with Crippen LogP contribution in [-0.4, -0.2) is 0 Å². The van der Waals surface area contributed by atoms with Gasteiger partial charge in [-0.15, -0.1) is 0 Å². The average Bonchev–Trinajstić information content (AvgIpc) is 3.20. The molecule has 2 heterocycles. The zero-order valence-corrected chi connectivity index (χ0v) is 25.9. The maximum Gasteiger partial charge on any atom is 0.213 e. The second-order valence-corrected chi connectivity index (χ2v) is 13.7. The molecule has 0 saturated carbocycles. The van der Waals surface area contributed by atoms with Gasteiger partial charge in [0.25, 0.3) is 0 Å². The predicted octanol–water partition coefficient (Wildman–Crippen LogP) is 9.52. The van der Waals surface area contributed by atoms with Crippen molar-refractivity contribution in [2.75, 3.05) is 0 Å². The highest BCUT2D eigenvalue weighted by atomic mass is 15.0. The molecule has 0 fully saturated rings. The summed E-state index contributed by atoms with van der Waals surface area (Å²) in [5, 5.41) is 4.03. The van der Waals surface area contributed by atoms with E-state index in [1.165, 1.54) is 93.7 Å². The number of unbranched alkanes of at least 4 members (excludes halogenated alkanes) is 5. The van der Waals surface area contributed by atoms with Crippen LogP contribution in [0, 0.1) is 0 Å². The Balaban J connectivity index is 1.40. The molecule has 6 rings (SSSR count). The van der Waals surface area contributed by atoms with Crippen LogP contribution < -0.4 is 9.13 Å². The van der Waals surface area contributed by atoms with Crippen LogP contribution in [0.1, 0.15) is 96.8 Å². The molecule has 41 heavy (non-hydrogen) atoms. The van der Waals surface area contributed by atoms with Crippen molar-refractivity contribution in [1.82, 2.24) is 0 Å². The standard InChI is InChI=1S/C39H46N2/c1-7-8-9-10-11-14-24-41-27-34-36(32-15-12-13-16-35(32)41)33-22-17-28-26-40(25-23-31(28)37(33)39(34,5)6)30-20-18-29(19-21-30)38(2,3)4/h12-13,15-23,25-27H,7-11,14,24H2,1-6H3/q+2. The summed E-state index contributed by atoms with van der Waals surface area (Å²) >= 11 is 0. The van der Waals surface area contributed by atoms with Gasteiger partial charge < -0.3 is 0 Å². The van der Waals surface area contributed by atoms with Crippen molar-refractivity contribution < 1.29 is 9.13 Å². The molecule has 0 bridgehead atoms. The zero-order chi connectivity index (χ0) is 28.8. The van der Waals surface area contributed by atoms with Crippen LogP contribution in [0.3, 0.4) is 0 Å². The van der Waals surface area contributed by atoms with Gasteiger partial charge in [-0.3, -0.25) is 0 Å². The Morgan fingerprint density at radius 1 is 0.732 bits per heavy atom. The van der Waals surface area contributed by atoms with Gasteiger partial charge in [0, 0.05) is 52.6 Å². The van der Waals surface area contributed by atoms with Crippen LogP contribution >= 0.6 is 0 Å². The van der Waals surface area contributed by atoms with Gasteiger partial charge in [0.1, 0.15) is 6.54 Å². The molecule has 3 aromatic carbocycles. The number of pyridine rings is 2. The number of nitrogens with zero attached hydrogens (tertiary/aromatic N) is 2. The molecule has 0 radical (unpaired) electrons. The third-order valence-corrected chi connectivity index (χ3v) is 9.35. The molecule has 0 spiro atoms. The summed E-state index contributed by atoms with van der Waals surface area (Å²) in [6.45, 7) is 15.0. The maximum atomic E-state index is 2.54. The van der Waals surface area contributed by atoms with Crippen LogP contribution in [0.15, 0.2) is 85.3 Å². The first-order valence-electron chi connectivity index (χ1n) is 15.8. The van der Waals surface area contributed by atoms with E-state index in [1.807, 2.05) is 0 Å². The third-order valence-electron chi connectivity index (χ3n) is 9.35. The Morgan fingerprint density at radius 2 is 1.46 bits per heavy atom. The normalized spacial score (nSPS) is 14.0. The van der Waals surface area contributed by atoms with Gasteiger partial charge in [-0.2, -0.15) is 9.13 Å². The van der Waals surface area contributed by atoms with Gasteiger partial charge >= 0.3 is 0 Å². The summed E-state index contributed by atoms with van der Waals surface area (Å²) in [6.07, 6.45) is 15.0. The van der Waals surface area contributed by atoms with E-state index in [2.05, 4.69) is 136 Å². The largest absolute Gasteiger partial charge is 0.213 e. The number of benzene rings is 3. The van der Waals surface area contributed by atoms with E-state index in [-0.39, 0.29) is 10.8 Å². The number of aromatic nitrogens is 2. The molecule has 1 aliphatic carbocycles. The molecular weight excluding hydrogens is 496 g/mol. The highest BCUT2D eigenvalue weighted by Gasteiger charge is 2.41. The number of fused-ring (bicyclic) bond motifs is 7. The lowest BCUT2D eigenvalue weighted by Crippen LogP contribution is -2.36. The Kier molecular flexibility index (Phi) is 7.22. The highest BCUT2D eigenvalue weighted by molar-refractivity contribution is 6.04. The summed E-state index contributed by atoms with van der Waals surface area (Å²) in [7, 11) is 0. The maximum absolute atomic E-state index is 2.54. The van der Waals surface area contributed by atoms with Gasteiger partial charge in [-0.05, 0) is 46.0 Å². The first-order chi connectivity index (χ1) is 19.7. The summed E-state index contributed by atoms with van der Waals surface area (Å²) in [6, 6.07) is 25.1. The number of hydrogen-bond acceptors (Lipinski definition) is 0. The fourth-order valence-corrected chi connectivity index (χ4v) is 6.97. The minimum atomic E-state index is -0.0718. The smallest absolute Gasteiger partial charge is 0.198 e. The summed E-state index contributed by atoms with van der Waals surface area (Å²) in [5.74, 6) is 0. The fourth-order valence-electron chi connectivity index (χ4n) is 6.97. The molecule has 5 aromatic rings. The Hall–Kier alpha value is -3.52. The number of para-hydroxylation sites is 1. The Morgan fingerprint density at radius 3 is 2.22 bits per heavy atom. The van der Waals surface area contributed by atoms with E-state index in [4.69, 9.17) is 0 Å². The van der Waals surface area contributed by atoms with Crippen molar-refractivity contribution in [3.8, 4) is 16.8 Å². The fraction of sp³-hybridized carbons (Fsp3) is 0.385. The molecule has 0 N–H and O–H groups in total. The summed E-state index contributed by atoms with van der Waals surface area (Å²) < 4.78 is 4.80. The lowest BCUT2D eigenvalue weighted by molar-refractivity contribution is -0.672. The lowest BCUT2D eigenvalue weighted by atomic mass is 9.81. The Labute approximate surface area is 246 Å². The van der Waals surface area contributed by atoms with E-state index in [9.17, 15) is 0 Å². The van der Waals surface area contributed by atoms with Crippen LogP contribution in [0.4, 0.5) is 0 Å². The Bertz CT molecular complexity index is 1720.